The summed E-state index contributed by atoms with van der Waals surface area (Å²) in [6.45, 7) is 3.52. The van der Waals surface area contributed by atoms with Gasteiger partial charge in [-0.1, -0.05) is 12.1 Å². The molecule has 6 heteroatoms. The molecular formula is C17H22N2O4. The number of hydrogen-bond acceptors (Lipinski definition) is 4. The number of para-hydroxylation sites is 1. The second kappa shape index (κ2) is 7.57. The number of anilines is 1. The number of ether oxygens (including phenoxy) is 2. The number of morpholine rings is 1. The zero-order valence-electron chi connectivity index (χ0n) is 13.1. The summed E-state index contributed by atoms with van der Waals surface area (Å²) in [6.07, 6.45) is 1.46. The number of amides is 2. The first-order valence-corrected chi connectivity index (χ1v) is 8.10. The second-order valence-electron chi connectivity index (χ2n) is 5.83. The average molecular weight is 318 g/mol. The van der Waals surface area contributed by atoms with Gasteiger partial charge in [0.25, 0.3) is 5.91 Å². The summed E-state index contributed by atoms with van der Waals surface area (Å²) in [6, 6.07) is 7.19. The normalized spacial score (nSPS) is 19.4. The number of hydrogen-bond donors (Lipinski definition) is 1. The molecule has 124 valence electrons. The van der Waals surface area contributed by atoms with Crippen LogP contribution in [0.25, 0.3) is 0 Å². The number of rotatable bonds is 3. The molecule has 1 N–H and O–H groups in total. The van der Waals surface area contributed by atoms with Crippen LogP contribution >= 0.6 is 0 Å². The van der Waals surface area contributed by atoms with Crippen molar-refractivity contribution in [3.63, 3.8) is 0 Å². The van der Waals surface area contributed by atoms with Gasteiger partial charge in [0.15, 0.2) is 0 Å². The Hall–Kier alpha value is -1.92. The minimum absolute atomic E-state index is 0.0319. The van der Waals surface area contributed by atoms with Gasteiger partial charge in [0.2, 0.25) is 5.91 Å². The molecule has 0 saturated carbocycles. The number of carbonyl (C=O) groups excluding carboxylic acids is 2. The average Bonchev–Trinajstić information content (AvgIpc) is 2.63. The van der Waals surface area contributed by atoms with Crippen molar-refractivity contribution in [1.29, 1.82) is 0 Å². The number of nitrogens with one attached hydrogen (secondary N) is 1. The quantitative estimate of drug-likeness (QED) is 0.917. The minimum atomic E-state index is -0.0591. The molecule has 3 rings (SSSR count). The first-order valence-electron chi connectivity index (χ1n) is 8.10. The van der Waals surface area contributed by atoms with Crippen molar-refractivity contribution in [1.82, 2.24) is 4.90 Å². The molecule has 2 amide bonds. The molecule has 0 aliphatic carbocycles. The summed E-state index contributed by atoms with van der Waals surface area (Å²) in [5, 5.41) is 2.93. The van der Waals surface area contributed by atoms with Gasteiger partial charge >= 0.3 is 0 Å². The van der Waals surface area contributed by atoms with Gasteiger partial charge in [-0.25, -0.2) is 0 Å². The number of carbonyl (C=O) groups is 2. The molecule has 2 aliphatic heterocycles. The predicted molar refractivity (Wildman–Crippen MR) is 85.3 cm³/mol. The van der Waals surface area contributed by atoms with Crippen LogP contribution in [-0.2, 0) is 14.3 Å². The summed E-state index contributed by atoms with van der Waals surface area (Å²) in [7, 11) is 0. The van der Waals surface area contributed by atoms with E-state index in [4.69, 9.17) is 9.47 Å². The fourth-order valence-electron chi connectivity index (χ4n) is 2.91. The van der Waals surface area contributed by atoms with E-state index in [9.17, 15) is 9.59 Å². The lowest BCUT2D eigenvalue weighted by atomic mass is 9.99. The van der Waals surface area contributed by atoms with E-state index in [1.807, 2.05) is 12.1 Å². The number of benzene rings is 1. The van der Waals surface area contributed by atoms with Gasteiger partial charge in [0, 0.05) is 32.2 Å². The van der Waals surface area contributed by atoms with Crippen LogP contribution in [0.2, 0.25) is 0 Å². The lowest BCUT2D eigenvalue weighted by molar-refractivity contribution is -0.122. The molecule has 2 saturated heterocycles. The van der Waals surface area contributed by atoms with Crippen molar-refractivity contribution in [2.45, 2.75) is 12.8 Å². The molecule has 0 aromatic heterocycles. The van der Waals surface area contributed by atoms with Crippen molar-refractivity contribution in [3.05, 3.63) is 29.8 Å². The fraction of sp³-hybridized carbons (Fsp3) is 0.529. The molecular weight excluding hydrogens is 296 g/mol. The molecule has 23 heavy (non-hydrogen) atoms. The molecule has 0 radical (unpaired) electrons. The molecule has 0 spiro atoms. The van der Waals surface area contributed by atoms with Gasteiger partial charge in [0.1, 0.15) is 0 Å². The topological polar surface area (TPSA) is 67.9 Å². The second-order valence-corrected chi connectivity index (χ2v) is 5.83. The minimum Gasteiger partial charge on any atom is -0.381 e. The maximum absolute atomic E-state index is 12.7. The lowest BCUT2D eigenvalue weighted by Crippen LogP contribution is -2.41. The monoisotopic (exact) mass is 318 g/mol. The van der Waals surface area contributed by atoms with E-state index in [1.54, 1.807) is 17.0 Å². The van der Waals surface area contributed by atoms with Crippen molar-refractivity contribution < 1.29 is 19.1 Å². The van der Waals surface area contributed by atoms with Gasteiger partial charge in [-0.05, 0) is 25.0 Å². The smallest absolute Gasteiger partial charge is 0.256 e. The summed E-state index contributed by atoms with van der Waals surface area (Å²) in [5.41, 5.74) is 1.12. The summed E-state index contributed by atoms with van der Waals surface area (Å²) in [5.74, 6) is -0.137. The summed E-state index contributed by atoms with van der Waals surface area (Å²) >= 11 is 0. The SMILES string of the molecule is O=C(Nc1ccccc1C(=O)N1CCOCC1)C1CCOCC1. The van der Waals surface area contributed by atoms with Gasteiger partial charge in [-0.3, -0.25) is 9.59 Å². The molecule has 2 aliphatic rings. The Bertz CT molecular complexity index is 563. The fourth-order valence-corrected chi connectivity index (χ4v) is 2.91. The molecule has 2 fully saturated rings. The van der Waals surface area contributed by atoms with Gasteiger partial charge in [0.05, 0.1) is 24.5 Å². The summed E-state index contributed by atoms with van der Waals surface area (Å²) < 4.78 is 10.6. The Morgan fingerprint density at radius 1 is 1.00 bits per heavy atom. The highest BCUT2D eigenvalue weighted by Crippen LogP contribution is 2.21. The zero-order valence-corrected chi connectivity index (χ0v) is 13.1. The van der Waals surface area contributed by atoms with Crippen molar-refractivity contribution in [2.75, 3.05) is 44.8 Å². The lowest BCUT2D eigenvalue weighted by Gasteiger charge is -2.28. The maximum Gasteiger partial charge on any atom is 0.256 e. The van der Waals surface area contributed by atoms with Crippen LogP contribution in [0.15, 0.2) is 24.3 Å². The van der Waals surface area contributed by atoms with Crippen molar-refractivity contribution in [3.8, 4) is 0 Å². The van der Waals surface area contributed by atoms with E-state index >= 15 is 0 Å². The van der Waals surface area contributed by atoms with Crippen LogP contribution in [0, 0.1) is 5.92 Å². The molecule has 0 atom stereocenters. The van der Waals surface area contributed by atoms with E-state index in [1.165, 1.54) is 0 Å². The van der Waals surface area contributed by atoms with Crippen LogP contribution in [0.3, 0.4) is 0 Å². The Labute approximate surface area is 135 Å². The molecule has 1 aromatic carbocycles. The third-order valence-corrected chi connectivity index (χ3v) is 4.31. The van der Waals surface area contributed by atoms with Crippen molar-refractivity contribution >= 4 is 17.5 Å². The molecule has 1 aromatic rings. The highest BCUT2D eigenvalue weighted by Gasteiger charge is 2.25. The van der Waals surface area contributed by atoms with E-state index in [2.05, 4.69) is 5.32 Å². The highest BCUT2D eigenvalue weighted by molar-refractivity contribution is 6.04. The Kier molecular flexibility index (Phi) is 5.25. The number of nitrogens with zero attached hydrogens (tertiary/aromatic N) is 1. The Morgan fingerprint density at radius 2 is 1.65 bits per heavy atom. The molecule has 6 nitrogen and oxygen atoms in total. The van der Waals surface area contributed by atoms with E-state index < -0.39 is 0 Å². The van der Waals surface area contributed by atoms with Crippen LogP contribution in [0.4, 0.5) is 5.69 Å². The molecule has 0 bridgehead atoms. The first kappa shape index (κ1) is 16.0. The zero-order chi connectivity index (χ0) is 16.1. The highest BCUT2D eigenvalue weighted by atomic mass is 16.5. The Morgan fingerprint density at radius 3 is 2.39 bits per heavy atom. The Balaban J connectivity index is 1.72. The van der Waals surface area contributed by atoms with Crippen LogP contribution in [-0.4, -0.2) is 56.2 Å². The van der Waals surface area contributed by atoms with E-state index in [0.29, 0.717) is 50.8 Å². The van der Waals surface area contributed by atoms with Crippen LogP contribution < -0.4 is 5.32 Å². The first-order chi connectivity index (χ1) is 11.3. The summed E-state index contributed by atoms with van der Waals surface area (Å²) in [4.78, 5) is 26.9. The van der Waals surface area contributed by atoms with Gasteiger partial charge < -0.3 is 19.7 Å². The van der Waals surface area contributed by atoms with Crippen molar-refractivity contribution in [2.24, 2.45) is 5.92 Å². The third kappa shape index (κ3) is 3.89. The van der Waals surface area contributed by atoms with Gasteiger partial charge in [-0.2, -0.15) is 0 Å². The van der Waals surface area contributed by atoms with E-state index in [-0.39, 0.29) is 17.7 Å². The maximum atomic E-state index is 12.7. The molecule has 2 heterocycles. The largest absolute Gasteiger partial charge is 0.381 e. The standard InChI is InChI=1S/C17H22N2O4/c20-16(13-5-9-22-10-6-13)18-15-4-2-1-3-14(15)17(21)19-7-11-23-12-8-19/h1-4,13H,5-12H2,(H,18,20). The van der Waals surface area contributed by atoms with Gasteiger partial charge in [-0.15, -0.1) is 0 Å². The van der Waals surface area contributed by atoms with E-state index in [0.717, 1.165) is 12.8 Å². The molecule has 0 unspecified atom stereocenters. The van der Waals surface area contributed by atoms with Crippen LogP contribution in [0.1, 0.15) is 23.2 Å². The predicted octanol–water partition coefficient (Wildman–Crippen LogP) is 1.52. The van der Waals surface area contributed by atoms with Crippen LogP contribution in [0.5, 0.6) is 0 Å². The third-order valence-electron chi connectivity index (χ3n) is 4.31.